The lowest BCUT2D eigenvalue weighted by Crippen LogP contribution is -2.27. The van der Waals surface area contributed by atoms with Crippen LogP contribution >= 0.6 is 0 Å². The number of nitrogens with one attached hydrogen (secondary N) is 1. The van der Waals surface area contributed by atoms with Crippen molar-refractivity contribution in [1.82, 2.24) is 19.5 Å². The molecule has 7 heteroatoms. The number of hydrogen-bond acceptors (Lipinski definition) is 4. The first-order valence-electron chi connectivity index (χ1n) is 7.94. The molecule has 1 aromatic carbocycles. The van der Waals surface area contributed by atoms with Crippen molar-refractivity contribution in [2.24, 2.45) is 0 Å². The molecule has 0 spiro atoms. The van der Waals surface area contributed by atoms with Crippen molar-refractivity contribution >= 4 is 10.0 Å². The molecule has 3 rings (SSSR count). The summed E-state index contributed by atoms with van der Waals surface area (Å²) in [5, 5.41) is 4.47. The fourth-order valence-corrected chi connectivity index (χ4v) is 3.84. The Kier molecular flexibility index (Phi) is 4.69. The molecule has 0 unspecified atom stereocenters. The van der Waals surface area contributed by atoms with Crippen LogP contribution in [0, 0.1) is 13.8 Å². The molecule has 25 heavy (non-hydrogen) atoms. The van der Waals surface area contributed by atoms with E-state index in [0.717, 1.165) is 22.6 Å². The lowest BCUT2D eigenvalue weighted by Gasteiger charge is -2.15. The summed E-state index contributed by atoms with van der Waals surface area (Å²) in [6.45, 7) is 5.75. The molecule has 2 heterocycles. The van der Waals surface area contributed by atoms with Gasteiger partial charge in [0.05, 0.1) is 11.4 Å². The van der Waals surface area contributed by atoms with Gasteiger partial charge in [-0.15, -0.1) is 0 Å². The van der Waals surface area contributed by atoms with Crippen molar-refractivity contribution in [1.29, 1.82) is 0 Å². The molecule has 130 valence electrons. The van der Waals surface area contributed by atoms with Gasteiger partial charge in [0.15, 0.2) is 5.03 Å². The monoisotopic (exact) mass is 356 g/mol. The van der Waals surface area contributed by atoms with Gasteiger partial charge in [-0.2, -0.15) is 5.10 Å². The molecule has 0 fully saturated rings. The standard InChI is InChI=1S/C18H20N4O2S/c1-13-12-14(2)22(20-13)17-9-7-16(8-10-17)15(3)21-25(23,24)18-6-4-5-11-19-18/h4-12,15,21H,1-3H3/t15-/m0/s1. The van der Waals surface area contributed by atoms with Crippen LogP contribution in [0.25, 0.3) is 5.69 Å². The lowest BCUT2D eigenvalue weighted by atomic mass is 10.1. The van der Waals surface area contributed by atoms with Gasteiger partial charge in [-0.3, -0.25) is 0 Å². The Morgan fingerprint density at radius 1 is 1.08 bits per heavy atom. The minimum atomic E-state index is -3.65. The van der Waals surface area contributed by atoms with E-state index in [-0.39, 0.29) is 11.1 Å². The first kappa shape index (κ1) is 17.3. The highest BCUT2D eigenvalue weighted by molar-refractivity contribution is 7.89. The third-order valence-electron chi connectivity index (χ3n) is 3.89. The van der Waals surface area contributed by atoms with Gasteiger partial charge in [0.1, 0.15) is 0 Å². The van der Waals surface area contributed by atoms with Crippen LogP contribution in [-0.2, 0) is 10.0 Å². The van der Waals surface area contributed by atoms with E-state index in [1.165, 1.54) is 12.3 Å². The molecule has 0 bridgehead atoms. The largest absolute Gasteiger partial charge is 0.258 e. The average Bonchev–Trinajstić information content (AvgIpc) is 2.94. The van der Waals surface area contributed by atoms with E-state index in [9.17, 15) is 8.42 Å². The van der Waals surface area contributed by atoms with Crippen LogP contribution in [0.5, 0.6) is 0 Å². The van der Waals surface area contributed by atoms with Crippen LogP contribution in [0.2, 0.25) is 0 Å². The highest BCUT2D eigenvalue weighted by Gasteiger charge is 2.19. The van der Waals surface area contributed by atoms with Gasteiger partial charge >= 0.3 is 0 Å². The van der Waals surface area contributed by atoms with Crippen LogP contribution < -0.4 is 4.72 Å². The van der Waals surface area contributed by atoms with E-state index in [1.54, 1.807) is 19.1 Å². The number of aryl methyl sites for hydroxylation is 2. The normalized spacial score (nSPS) is 12.9. The number of hydrogen-bond donors (Lipinski definition) is 1. The number of pyridine rings is 1. The second kappa shape index (κ2) is 6.78. The molecule has 1 N–H and O–H groups in total. The first-order chi connectivity index (χ1) is 11.9. The minimum Gasteiger partial charge on any atom is -0.243 e. The fraction of sp³-hybridized carbons (Fsp3) is 0.222. The summed E-state index contributed by atoms with van der Waals surface area (Å²) in [6.07, 6.45) is 1.46. The maximum absolute atomic E-state index is 12.4. The maximum Gasteiger partial charge on any atom is 0.258 e. The number of aromatic nitrogens is 3. The molecule has 0 saturated heterocycles. The van der Waals surface area contributed by atoms with Gasteiger partial charge < -0.3 is 0 Å². The van der Waals surface area contributed by atoms with E-state index in [1.807, 2.05) is 48.9 Å². The predicted octanol–water partition coefficient (Wildman–Crippen LogP) is 2.92. The number of rotatable bonds is 5. The van der Waals surface area contributed by atoms with Gasteiger partial charge in [-0.1, -0.05) is 18.2 Å². The molecular formula is C18H20N4O2S. The Bertz CT molecular complexity index is 964. The summed E-state index contributed by atoms with van der Waals surface area (Å²) in [6, 6.07) is 14.1. The summed E-state index contributed by atoms with van der Waals surface area (Å²) >= 11 is 0. The van der Waals surface area contributed by atoms with Crippen molar-refractivity contribution in [3.63, 3.8) is 0 Å². The highest BCUT2D eigenvalue weighted by Crippen LogP contribution is 2.19. The van der Waals surface area contributed by atoms with Crippen LogP contribution in [0.4, 0.5) is 0 Å². The molecule has 3 aromatic rings. The Balaban J connectivity index is 1.79. The second-order valence-electron chi connectivity index (χ2n) is 5.94. The van der Waals surface area contributed by atoms with E-state index >= 15 is 0 Å². The molecule has 0 aliphatic heterocycles. The number of sulfonamides is 1. The van der Waals surface area contributed by atoms with Crippen LogP contribution in [0.15, 0.2) is 59.8 Å². The third-order valence-corrected chi connectivity index (χ3v) is 5.35. The molecule has 0 radical (unpaired) electrons. The minimum absolute atomic E-state index is 0.0149. The fourth-order valence-electron chi connectivity index (χ4n) is 2.66. The summed E-state index contributed by atoms with van der Waals surface area (Å²) in [4.78, 5) is 3.90. The van der Waals surface area contributed by atoms with E-state index < -0.39 is 10.0 Å². The average molecular weight is 356 g/mol. The summed E-state index contributed by atoms with van der Waals surface area (Å²) in [5.41, 5.74) is 3.81. The summed E-state index contributed by atoms with van der Waals surface area (Å²) in [5.74, 6) is 0. The lowest BCUT2D eigenvalue weighted by molar-refractivity contribution is 0.563. The van der Waals surface area contributed by atoms with Crippen molar-refractivity contribution in [3.8, 4) is 5.69 Å². The molecule has 0 amide bonds. The third kappa shape index (κ3) is 3.78. The maximum atomic E-state index is 12.4. The Hall–Kier alpha value is -2.51. The van der Waals surface area contributed by atoms with Gasteiger partial charge in [0.2, 0.25) is 0 Å². The van der Waals surface area contributed by atoms with E-state index in [4.69, 9.17) is 0 Å². The van der Waals surface area contributed by atoms with Gasteiger partial charge in [0, 0.05) is 17.9 Å². The highest BCUT2D eigenvalue weighted by atomic mass is 32.2. The second-order valence-corrected chi connectivity index (χ2v) is 7.60. The Morgan fingerprint density at radius 3 is 2.36 bits per heavy atom. The quantitative estimate of drug-likeness (QED) is 0.762. The zero-order valence-electron chi connectivity index (χ0n) is 14.3. The van der Waals surface area contributed by atoms with Crippen LogP contribution in [-0.4, -0.2) is 23.2 Å². The topological polar surface area (TPSA) is 76.9 Å². The zero-order valence-corrected chi connectivity index (χ0v) is 15.2. The number of benzene rings is 1. The molecule has 6 nitrogen and oxygen atoms in total. The van der Waals surface area contributed by atoms with E-state index in [2.05, 4.69) is 14.8 Å². The molecule has 1 atom stereocenters. The van der Waals surface area contributed by atoms with Gasteiger partial charge in [-0.05, 0) is 56.7 Å². The SMILES string of the molecule is Cc1cc(C)n(-c2ccc([C@H](C)NS(=O)(=O)c3ccccn3)cc2)n1. The Morgan fingerprint density at radius 2 is 1.80 bits per heavy atom. The van der Waals surface area contributed by atoms with Crippen molar-refractivity contribution < 1.29 is 8.42 Å². The smallest absolute Gasteiger partial charge is 0.243 e. The molecule has 0 aliphatic carbocycles. The van der Waals surface area contributed by atoms with Crippen molar-refractivity contribution in [2.45, 2.75) is 31.8 Å². The van der Waals surface area contributed by atoms with E-state index in [0.29, 0.717) is 0 Å². The van der Waals surface area contributed by atoms with Crippen molar-refractivity contribution in [3.05, 3.63) is 71.7 Å². The van der Waals surface area contributed by atoms with Crippen LogP contribution in [0.3, 0.4) is 0 Å². The van der Waals surface area contributed by atoms with Crippen molar-refractivity contribution in [2.75, 3.05) is 0 Å². The molecule has 0 saturated carbocycles. The molecule has 2 aromatic heterocycles. The predicted molar refractivity (Wildman–Crippen MR) is 96.0 cm³/mol. The Labute approximate surface area is 147 Å². The first-order valence-corrected chi connectivity index (χ1v) is 9.42. The van der Waals surface area contributed by atoms with Gasteiger partial charge in [-0.25, -0.2) is 22.8 Å². The number of nitrogens with zero attached hydrogens (tertiary/aromatic N) is 3. The summed E-state index contributed by atoms with van der Waals surface area (Å²) in [7, 11) is -3.65. The summed E-state index contributed by atoms with van der Waals surface area (Å²) < 4.78 is 29.2. The van der Waals surface area contributed by atoms with Gasteiger partial charge in [0.25, 0.3) is 10.0 Å². The molecule has 0 aliphatic rings. The van der Waals surface area contributed by atoms with Crippen LogP contribution in [0.1, 0.15) is 29.9 Å². The molecular weight excluding hydrogens is 336 g/mol. The zero-order chi connectivity index (χ0) is 18.0.